The Morgan fingerprint density at radius 1 is 1.11 bits per heavy atom. The van der Waals surface area contributed by atoms with Crippen molar-refractivity contribution in [3.63, 3.8) is 0 Å². The lowest BCUT2D eigenvalue weighted by Crippen LogP contribution is -2.11. The van der Waals surface area contributed by atoms with E-state index in [1.54, 1.807) is 0 Å². The molecule has 0 amide bonds. The van der Waals surface area contributed by atoms with Crippen LogP contribution in [0.2, 0.25) is 0 Å². The fourth-order valence-corrected chi connectivity index (χ4v) is 4.83. The van der Waals surface area contributed by atoms with E-state index in [4.69, 9.17) is 0 Å². The summed E-state index contributed by atoms with van der Waals surface area (Å²) in [7, 11) is 0. The molecular weight excluding hydrogens is 368 g/mol. The molecule has 2 aromatic heterocycles. The van der Waals surface area contributed by atoms with E-state index in [0.29, 0.717) is 11.6 Å². The van der Waals surface area contributed by atoms with Crippen molar-refractivity contribution >= 4 is 28.4 Å². The maximum Gasteiger partial charge on any atom is 0.192 e. The molecule has 1 aliphatic carbocycles. The number of hydrogen-bond donors (Lipinski definition) is 1. The average Bonchev–Trinajstić information content (AvgIpc) is 3.36. The van der Waals surface area contributed by atoms with E-state index in [2.05, 4.69) is 19.7 Å². The van der Waals surface area contributed by atoms with Crippen LogP contribution in [0, 0.1) is 6.92 Å². The van der Waals surface area contributed by atoms with Crippen LogP contribution in [0.5, 0.6) is 0 Å². The molecule has 0 saturated heterocycles. The number of benzene rings is 2. The molecule has 28 heavy (non-hydrogen) atoms. The molecule has 1 atom stereocenters. The minimum Gasteiger partial charge on any atom is -0.360 e. The molecule has 1 fully saturated rings. The molecule has 6 heteroatoms. The fourth-order valence-electron chi connectivity index (χ4n) is 3.61. The third kappa shape index (κ3) is 3.03. The number of thioether (sulfide) groups is 1. The summed E-state index contributed by atoms with van der Waals surface area (Å²) in [6.07, 6.45) is 4.12. The number of rotatable bonds is 6. The highest BCUT2D eigenvalue weighted by atomic mass is 32.2. The SMILES string of the molecule is Cc1nnc(S[C@H](C(=O)c2c[nH]c3ccccc23)c2ccccc2)n1C1CC1. The first kappa shape index (κ1) is 17.3. The fraction of sp³-hybridized carbons (Fsp3) is 0.227. The molecule has 5 nitrogen and oxygen atoms in total. The van der Waals surface area contributed by atoms with Gasteiger partial charge in [-0.25, -0.2) is 0 Å². The molecule has 2 aromatic carbocycles. The number of aryl methyl sites for hydroxylation is 1. The number of fused-ring (bicyclic) bond motifs is 1. The highest BCUT2D eigenvalue weighted by Gasteiger charge is 2.32. The van der Waals surface area contributed by atoms with Gasteiger partial charge in [0, 0.05) is 28.7 Å². The summed E-state index contributed by atoms with van der Waals surface area (Å²) in [4.78, 5) is 16.8. The first-order valence-electron chi connectivity index (χ1n) is 9.46. The van der Waals surface area contributed by atoms with E-state index in [-0.39, 0.29) is 11.0 Å². The molecule has 0 radical (unpaired) electrons. The zero-order valence-electron chi connectivity index (χ0n) is 15.5. The van der Waals surface area contributed by atoms with Gasteiger partial charge < -0.3 is 9.55 Å². The number of aromatic amines is 1. The summed E-state index contributed by atoms with van der Waals surface area (Å²) < 4.78 is 2.18. The van der Waals surface area contributed by atoms with E-state index in [0.717, 1.165) is 40.3 Å². The van der Waals surface area contributed by atoms with Crippen molar-refractivity contribution in [1.82, 2.24) is 19.7 Å². The Kier molecular flexibility index (Phi) is 4.28. The van der Waals surface area contributed by atoms with Crippen LogP contribution in [0.1, 0.15) is 45.9 Å². The average molecular weight is 388 g/mol. The van der Waals surface area contributed by atoms with Gasteiger partial charge in [0.25, 0.3) is 0 Å². The van der Waals surface area contributed by atoms with Crippen molar-refractivity contribution in [3.8, 4) is 0 Å². The van der Waals surface area contributed by atoms with E-state index < -0.39 is 0 Å². The predicted octanol–water partition coefficient (Wildman–Crippen LogP) is 5.12. The van der Waals surface area contributed by atoms with Crippen LogP contribution in [-0.4, -0.2) is 25.5 Å². The number of carbonyl (C=O) groups excluding carboxylic acids is 1. The highest BCUT2D eigenvalue weighted by Crippen LogP contribution is 2.43. The number of nitrogens with one attached hydrogen (secondary N) is 1. The lowest BCUT2D eigenvalue weighted by Gasteiger charge is -2.16. The van der Waals surface area contributed by atoms with Gasteiger partial charge in [-0.3, -0.25) is 4.79 Å². The third-order valence-corrected chi connectivity index (χ3v) is 6.38. The van der Waals surface area contributed by atoms with Gasteiger partial charge >= 0.3 is 0 Å². The second kappa shape index (κ2) is 6.95. The Bertz CT molecular complexity index is 1140. The van der Waals surface area contributed by atoms with Crippen LogP contribution in [-0.2, 0) is 0 Å². The predicted molar refractivity (Wildman–Crippen MR) is 111 cm³/mol. The van der Waals surface area contributed by atoms with E-state index in [9.17, 15) is 4.79 Å². The van der Waals surface area contributed by atoms with Gasteiger partial charge in [-0.1, -0.05) is 60.3 Å². The summed E-state index contributed by atoms with van der Waals surface area (Å²) in [5.74, 6) is 0.994. The van der Waals surface area contributed by atoms with Gasteiger partial charge in [0.05, 0.1) is 0 Å². The summed E-state index contributed by atoms with van der Waals surface area (Å²) in [6.45, 7) is 1.98. The van der Waals surface area contributed by atoms with Gasteiger partial charge in [0.1, 0.15) is 11.1 Å². The second-order valence-electron chi connectivity index (χ2n) is 7.15. The zero-order chi connectivity index (χ0) is 19.1. The minimum absolute atomic E-state index is 0.0802. The number of ketones is 1. The number of hydrogen-bond acceptors (Lipinski definition) is 4. The third-order valence-electron chi connectivity index (χ3n) is 5.17. The van der Waals surface area contributed by atoms with Crippen LogP contribution in [0.4, 0.5) is 0 Å². The van der Waals surface area contributed by atoms with Crippen LogP contribution in [0.3, 0.4) is 0 Å². The number of H-pyrrole nitrogens is 1. The Labute approximate surface area is 167 Å². The lowest BCUT2D eigenvalue weighted by atomic mass is 10.0. The molecule has 1 aliphatic rings. The molecule has 1 N–H and O–H groups in total. The van der Waals surface area contributed by atoms with Crippen molar-refractivity contribution < 1.29 is 4.79 Å². The molecule has 0 aliphatic heterocycles. The van der Waals surface area contributed by atoms with Crippen LogP contribution in [0.15, 0.2) is 66.0 Å². The molecule has 0 unspecified atom stereocenters. The minimum atomic E-state index is -0.374. The Morgan fingerprint density at radius 2 is 1.86 bits per heavy atom. The molecule has 0 bridgehead atoms. The monoisotopic (exact) mass is 388 g/mol. The zero-order valence-corrected chi connectivity index (χ0v) is 16.3. The Balaban J connectivity index is 1.56. The molecule has 5 rings (SSSR count). The van der Waals surface area contributed by atoms with Gasteiger partial charge in [0.15, 0.2) is 10.9 Å². The molecule has 2 heterocycles. The van der Waals surface area contributed by atoms with Crippen molar-refractivity contribution in [3.05, 3.63) is 77.7 Å². The number of nitrogens with zero attached hydrogens (tertiary/aromatic N) is 3. The number of para-hydroxylation sites is 1. The molecule has 1 saturated carbocycles. The van der Waals surface area contributed by atoms with Crippen LogP contribution >= 0.6 is 11.8 Å². The van der Waals surface area contributed by atoms with Gasteiger partial charge in [-0.05, 0) is 31.4 Å². The highest BCUT2D eigenvalue weighted by molar-refractivity contribution is 8.00. The van der Waals surface area contributed by atoms with Crippen molar-refractivity contribution in [2.45, 2.75) is 36.2 Å². The van der Waals surface area contributed by atoms with E-state index >= 15 is 0 Å². The van der Waals surface area contributed by atoms with Gasteiger partial charge in [-0.2, -0.15) is 0 Å². The first-order chi connectivity index (χ1) is 13.7. The Morgan fingerprint density at radius 3 is 2.64 bits per heavy atom. The number of carbonyl (C=O) groups is 1. The largest absolute Gasteiger partial charge is 0.360 e. The smallest absolute Gasteiger partial charge is 0.192 e. The van der Waals surface area contributed by atoms with Gasteiger partial charge in [-0.15, -0.1) is 10.2 Å². The summed E-state index contributed by atoms with van der Waals surface area (Å²) in [5.41, 5.74) is 2.66. The number of aromatic nitrogens is 4. The topological polar surface area (TPSA) is 63.6 Å². The van der Waals surface area contributed by atoms with Crippen molar-refractivity contribution in [1.29, 1.82) is 0 Å². The molecule has 4 aromatic rings. The summed E-state index contributed by atoms with van der Waals surface area (Å²) in [6, 6.07) is 18.3. The van der Waals surface area contributed by atoms with Crippen LogP contribution in [0.25, 0.3) is 10.9 Å². The molecule has 140 valence electrons. The van der Waals surface area contributed by atoms with E-state index in [1.807, 2.05) is 67.7 Å². The molecule has 0 spiro atoms. The van der Waals surface area contributed by atoms with Crippen molar-refractivity contribution in [2.75, 3.05) is 0 Å². The quantitative estimate of drug-likeness (QED) is 0.368. The molecular formula is C22H20N4OS. The summed E-state index contributed by atoms with van der Waals surface area (Å²) in [5, 5.41) is 10.1. The maximum absolute atomic E-state index is 13.6. The summed E-state index contributed by atoms with van der Waals surface area (Å²) >= 11 is 1.50. The Hall–Kier alpha value is -2.86. The van der Waals surface area contributed by atoms with Gasteiger partial charge in [0.2, 0.25) is 0 Å². The normalized spacial score (nSPS) is 15.0. The first-order valence-corrected chi connectivity index (χ1v) is 10.3. The van der Waals surface area contributed by atoms with Crippen LogP contribution < -0.4 is 0 Å². The lowest BCUT2D eigenvalue weighted by molar-refractivity contribution is 0.0991. The maximum atomic E-state index is 13.6. The standard InChI is InChI=1S/C22H20N4OS/c1-14-24-25-22(26(14)16-11-12-16)28-21(15-7-3-2-4-8-15)20(27)18-13-23-19-10-6-5-9-17(18)19/h2-10,13,16,21,23H,11-12H2,1H3/t21-/m0/s1. The second-order valence-corrected chi connectivity index (χ2v) is 8.22. The van der Waals surface area contributed by atoms with E-state index in [1.165, 1.54) is 11.8 Å². The van der Waals surface area contributed by atoms with Crippen molar-refractivity contribution in [2.24, 2.45) is 0 Å². The number of Topliss-reactive ketones (excluding diaryl/α,β-unsaturated/α-hetero) is 1.